The number of methoxy groups -OCH3 is 1. The molecule has 0 bridgehead atoms. The summed E-state index contributed by atoms with van der Waals surface area (Å²) in [5, 5.41) is 11.5. The summed E-state index contributed by atoms with van der Waals surface area (Å²) in [6.45, 7) is 1.94. The molecule has 0 aliphatic rings. The molecular weight excluding hydrogens is 228 g/mol. The van der Waals surface area contributed by atoms with Crippen molar-refractivity contribution < 1.29 is 9.53 Å². The Kier molecular flexibility index (Phi) is 5.89. The monoisotopic (exact) mass is 246 g/mol. The van der Waals surface area contributed by atoms with E-state index in [1.54, 1.807) is 0 Å². The Bertz CT molecular complexity index is 412. The third-order valence-electron chi connectivity index (χ3n) is 2.75. The Hall–Kier alpha value is -1.86. The second kappa shape index (κ2) is 7.46. The van der Waals surface area contributed by atoms with Crippen molar-refractivity contribution in [1.29, 1.82) is 5.26 Å². The van der Waals surface area contributed by atoms with E-state index in [-0.39, 0.29) is 11.9 Å². The van der Waals surface area contributed by atoms with Crippen molar-refractivity contribution in [2.75, 3.05) is 7.11 Å². The molecule has 0 aliphatic heterocycles. The molecule has 1 aromatic carbocycles. The molecule has 1 rings (SSSR count). The van der Waals surface area contributed by atoms with Gasteiger partial charge in [0.25, 0.3) is 5.91 Å². The molecule has 0 aliphatic carbocycles. The van der Waals surface area contributed by atoms with Gasteiger partial charge in [0.05, 0.1) is 12.5 Å². The smallest absolute Gasteiger partial charge is 0.254 e. The van der Waals surface area contributed by atoms with Crippen LogP contribution in [0.2, 0.25) is 0 Å². The fraction of sp³-hybridized carbons (Fsp3) is 0.429. The first-order valence-electron chi connectivity index (χ1n) is 5.98. The normalized spacial score (nSPS) is 13.4. The topological polar surface area (TPSA) is 62.1 Å². The lowest BCUT2D eigenvalue weighted by Crippen LogP contribution is -2.38. The molecule has 18 heavy (non-hydrogen) atoms. The van der Waals surface area contributed by atoms with Gasteiger partial charge < -0.3 is 10.1 Å². The van der Waals surface area contributed by atoms with Gasteiger partial charge in [0.1, 0.15) is 0 Å². The van der Waals surface area contributed by atoms with Gasteiger partial charge in [-0.3, -0.25) is 4.79 Å². The van der Waals surface area contributed by atoms with Gasteiger partial charge in [0.15, 0.2) is 6.10 Å². The van der Waals surface area contributed by atoms with Gasteiger partial charge in [0.2, 0.25) is 0 Å². The molecule has 2 unspecified atom stereocenters. The summed E-state index contributed by atoms with van der Waals surface area (Å²) in [5.41, 5.74) is 0.810. The van der Waals surface area contributed by atoms with Gasteiger partial charge in [-0.2, -0.15) is 5.26 Å². The number of ether oxygens (including phenoxy) is 1. The third-order valence-corrected chi connectivity index (χ3v) is 2.75. The highest BCUT2D eigenvalue weighted by Gasteiger charge is 2.21. The summed E-state index contributed by atoms with van der Waals surface area (Å²) in [7, 11) is 1.50. The van der Waals surface area contributed by atoms with E-state index in [0.29, 0.717) is 6.42 Å². The van der Waals surface area contributed by atoms with Crippen molar-refractivity contribution in [2.45, 2.75) is 31.9 Å². The lowest BCUT2D eigenvalue weighted by atomic mass is 10.1. The molecule has 0 heterocycles. The van der Waals surface area contributed by atoms with Gasteiger partial charge in [0, 0.05) is 13.2 Å². The highest BCUT2D eigenvalue weighted by molar-refractivity contribution is 5.82. The van der Waals surface area contributed by atoms with E-state index < -0.39 is 6.10 Å². The fourth-order valence-corrected chi connectivity index (χ4v) is 1.71. The van der Waals surface area contributed by atoms with Gasteiger partial charge in [-0.25, -0.2) is 0 Å². The van der Waals surface area contributed by atoms with E-state index in [0.717, 1.165) is 12.0 Å². The largest absolute Gasteiger partial charge is 0.367 e. The van der Waals surface area contributed by atoms with Crippen LogP contribution in [-0.2, 0) is 9.53 Å². The molecule has 4 nitrogen and oxygen atoms in total. The molecule has 0 fully saturated rings. The Balaban J connectivity index is 2.72. The van der Waals surface area contributed by atoms with Crippen LogP contribution in [0, 0.1) is 11.3 Å². The van der Waals surface area contributed by atoms with E-state index in [9.17, 15) is 4.79 Å². The standard InChI is InChI=1S/C14H18N2O2/c1-3-12(9-10-15)16-14(17)13(18-2)11-7-5-4-6-8-11/h4-8,12-13H,3,9H2,1-2H3,(H,16,17). The van der Waals surface area contributed by atoms with Gasteiger partial charge >= 0.3 is 0 Å². The van der Waals surface area contributed by atoms with Crippen LogP contribution in [0.5, 0.6) is 0 Å². The maximum atomic E-state index is 12.1. The molecule has 96 valence electrons. The molecule has 0 aromatic heterocycles. The molecule has 1 aromatic rings. The molecular formula is C14H18N2O2. The van der Waals surface area contributed by atoms with Crippen molar-refractivity contribution in [1.82, 2.24) is 5.32 Å². The SMILES string of the molecule is CCC(CC#N)NC(=O)C(OC)c1ccccc1. The number of rotatable bonds is 6. The van der Waals surface area contributed by atoms with E-state index in [1.165, 1.54) is 7.11 Å². The molecule has 1 amide bonds. The van der Waals surface area contributed by atoms with Crippen molar-refractivity contribution in [3.05, 3.63) is 35.9 Å². The third kappa shape index (κ3) is 3.86. The predicted octanol–water partition coefficient (Wildman–Crippen LogP) is 2.18. The molecule has 0 spiro atoms. The average molecular weight is 246 g/mol. The maximum Gasteiger partial charge on any atom is 0.254 e. The zero-order valence-electron chi connectivity index (χ0n) is 10.7. The number of amides is 1. The summed E-state index contributed by atoms with van der Waals surface area (Å²) in [4.78, 5) is 12.1. The minimum Gasteiger partial charge on any atom is -0.367 e. The van der Waals surface area contributed by atoms with E-state index >= 15 is 0 Å². The highest BCUT2D eigenvalue weighted by atomic mass is 16.5. The number of carbonyl (C=O) groups is 1. The van der Waals surface area contributed by atoms with Crippen molar-refractivity contribution in [3.8, 4) is 6.07 Å². The summed E-state index contributed by atoms with van der Waals surface area (Å²) in [6, 6.07) is 11.2. The maximum absolute atomic E-state index is 12.1. The summed E-state index contributed by atoms with van der Waals surface area (Å²) in [6.07, 6.45) is 0.414. The number of nitriles is 1. The zero-order valence-corrected chi connectivity index (χ0v) is 10.7. The summed E-state index contributed by atoms with van der Waals surface area (Å²) < 4.78 is 5.23. The molecule has 2 atom stereocenters. The minimum absolute atomic E-state index is 0.121. The number of benzene rings is 1. The number of nitrogens with one attached hydrogen (secondary N) is 1. The first-order valence-corrected chi connectivity index (χ1v) is 5.98. The van der Waals surface area contributed by atoms with E-state index in [4.69, 9.17) is 10.00 Å². The number of hydrogen-bond donors (Lipinski definition) is 1. The molecule has 1 N–H and O–H groups in total. The Morgan fingerprint density at radius 1 is 1.44 bits per heavy atom. The predicted molar refractivity (Wildman–Crippen MR) is 68.6 cm³/mol. The van der Waals surface area contributed by atoms with Gasteiger partial charge in [-0.1, -0.05) is 37.3 Å². The van der Waals surface area contributed by atoms with Crippen LogP contribution >= 0.6 is 0 Å². The number of hydrogen-bond acceptors (Lipinski definition) is 3. The number of nitrogens with zero attached hydrogens (tertiary/aromatic N) is 1. The summed E-state index contributed by atoms with van der Waals surface area (Å²) in [5.74, 6) is -0.203. The van der Waals surface area contributed by atoms with Crippen molar-refractivity contribution in [3.63, 3.8) is 0 Å². The Labute approximate surface area is 108 Å². The van der Waals surface area contributed by atoms with Crippen LogP contribution in [0.1, 0.15) is 31.4 Å². The van der Waals surface area contributed by atoms with Crippen LogP contribution in [0.25, 0.3) is 0 Å². The van der Waals surface area contributed by atoms with E-state index in [1.807, 2.05) is 37.3 Å². The van der Waals surface area contributed by atoms with Crippen molar-refractivity contribution >= 4 is 5.91 Å². The van der Waals surface area contributed by atoms with Crippen LogP contribution < -0.4 is 5.32 Å². The number of carbonyl (C=O) groups excluding carboxylic acids is 1. The van der Waals surface area contributed by atoms with Crippen LogP contribution in [-0.4, -0.2) is 19.1 Å². The minimum atomic E-state index is -0.626. The quantitative estimate of drug-likeness (QED) is 0.836. The van der Waals surface area contributed by atoms with Crippen LogP contribution in [0.4, 0.5) is 0 Å². The second-order valence-electron chi connectivity index (χ2n) is 4.00. The molecule has 4 heteroatoms. The lowest BCUT2D eigenvalue weighted by molar-refractivity contribution is -0.132. The first-order chi connectivity index (χ1) is 8.72. The van der Waals surface area contributed by atoms with Gasteiger partial charge in [-0.15, -0.1) is 0 Å². The summed E-state index contributed by atoms with van der Waals surface area (Å²) >= 11 is 0. The Morgan fingerprint density at radius 2 is 2.11 bits per heavy atom. The molecule has 0 saturated heterocycles. The van der Waals surface area contributed by atoms with Gasteiger partial charge in [-0.05, 0) is 12.0 Å². The van der Waals surface area contributed by atoms with E-state index in [2.05, 4.69) is 11.4 Å². The van der Waals surface area contributed by atoms with Crippen molar-refractivity contribution in [2.24, 2.45) is 0 Å². The molecule has 0 saturated carbocycles. The average Bonchev–Trinajstić information content (AvgIpc) is 2.40. The molecule has 0 radical (unpaired) electrons. The fourth-order valence-electron chi connectivity index (χ4n) is 1.71. The highest BCUT2D eigenvalue weighted by Crippen LogP contribution is 2.16. The zero-order chi connectivity index (χ0) is 13.4. The van der Waals surface area contributed by atoms with Crippen LogP contribution in [0.3, 0.4) is 0 Å². The lowest BCUT2D eigenvalue weighted by Gasteiger charge is -2.19. The Morgan fingerprint density at radius 3 is 2.61 bits per heavy atom. The second-order valence-corrected chi connectivity index (χ2v) is 4.00. The first kappa shape index (κ1) is 14.2. The van der Waals surface area contributed by atoms with Crippen LogP contribution in [0.15, 0.2) is 30.3 Å².